The number of hydrogen-bond donors (Lipinski definition) is 1. The van der Waals surface area contributed by atoms with Crippen LogP contribution in [0.25, 0.3) is 6.08 Å². The van der Waals surface area contributed by atoms with E-state index in [1.165, 1.54) is 6.08 Å². The molecule has 2 aromatic carbocycles. The number of fused-ring (bicyclic) bond motifs is 1. The largest absolute Gasteiger partial charge is 0.454 e. The van der Waals surface area contributed by atoms with Crippen LogP contribution in [-0.4, -0.2) is 12.7 Å². The van der Waals surface area contributed by atoms with Crippen LogP contribution in [-0.2, 0) is 4.79 Å². The molecule has 0 aliphatic carbocycles. The number of benzene rings is 2. The van der Waals surface area contributed by atoms with E-state index in [0.717, 1.165) is 0 Å². The molecule has 6 heteroatoms. The minimum Gasteiger partial charge on any atom is -0.454 e. The lowest BCUT2D eigenvalue weighted by molar-refractivity contribution is -0.112. The molecule has 0 unspecified atom stereocenters. The van der Waals surface area contributed by atoms with Crippen LogP contribution in [0.4, 0.5) is 5.69 Å². The summed E-state index contributed by atoms with van der Waals surface area (Å²) in [6.45, 7) is 0.123. The quantitative estimate of drug-likeness (QED) is 0.691. The lowest BCUT2D eigenvalue weighted by atomic mass is 10.1. The summed E-state index contributed by atoms with van der Waals surface area (Å²) in [6.07, 6.45) is 1.42. The van der Waals surface area contributed by atoms with Gasteiger partial charge in [0, 0.05) is 11.8 Å². The summed E-state index contributed by atoms with van der Waals surface area (Å²) in [6, 6.07) is 14.0. The molecule has 1 aliphatic heterocycles. The summed E-state index contributed by atoms with van der Waals surface area (Å²) >= 11 is 6.15. The fourth-order valence-corrected chi connectivity index (χ4v) is 2.28. The van der Waals surface area contributed by atoms with Gasteiger partial charge < -0.3 is 14.8 Å². The van der Waals surface area contributed by atoms with Crippen molar-refractivity contribution in [3.05, 3.63) is 58.6 Å². The van der Waals surface area contributed by atoms with Gasteiger partial charge in [-0.2, -0.15) is 5.26 Å². The molecule has 3 rings (SSSR count). The van der Waals surface area contributed by atoms with Crippen molar-refractivity contribution in [3.8, 4) is 17.6 Å². The van der Waals surface area contributed by atoms with Crippen molar-refractivity contribution >= 4 is 29.3 Å². The molecule has 1 N–H and O–H groups in total. The van der Waals surface area contributed by atoms with Crippen LogP contribution >= 0.6 is 11.6 Å². The van der Waals surface area contributed by atoms with E-state index in [4.69, 9.17) is 21.1 Å². The lowest BCUT2D eigenvalue weighted by Gasteiger charge is -2.05. The Labute approximate surface area is 137 Å². The standard InChI is InChI=1S/C17H11ClN2O3/c18-14-8-16-15(22-10-23-16)7-11(14)6-12(9-19)17(21)20-13-4-2-1-3-5-13/h1-8H,10H2,(H,20,21)/b12-6+. The van der Waals surface area contributed by atoms with Gasteiger partial charge in [0.05, 0.1) is 5.02 Å². The predicted molar refractivity (Wildman–Crippen MR) is 86.2 cm³/mol. The number of rotatable bonds is 3. The molecular weight excluding hydrogens is 316 g/mol. The van der Waals surface area contributed by atoms with E-state index in [2.05, 4.69) is 5.32 Å². The predicted octanol–water partition coefficient (Wildman–Crippen LogP) is 3.61. The third-order valence-electron chi connectivity index (χ3n) is 3.19. The zero-order chi connectivity index (χ0) is 16.2. The summed E-state index contributed by atoms with van der Waals surface area (Å²) in [7, 11) is 0. The van der Waals surface area contributed by atoms with Crippen LogP contribution in [0.15, 0.2) is 48.0 Å². The number of carbonyl (C=O) groups excluding carboxylic acids is 1. The van der Waals surface area contributed by atoms with Crippen molar-refractivity contribution in [2.75, 3.05) is 12.1 Å². The number of nitriles is 1. The molecule has 0 spiro atoms. The van der Waals surface area contributed by atoms with Gasteiger partial charge in [-0.15, -0.1) is 0 Å². The van der Waals surface area contributed by atoms with Crippen molar-refractivity contribution in [2.24, 2.45) is 0 Å². The molecule has 114 valence electrons. The van der Waals surface area contributed by atoms with E-state index in [9.17, 15) is 10.1 Å². The molecule has 0 fully saturated rings. The number of hydrogen-bond acceptors (Lipinski definition) is 4. The first kappa shape index (κ1) is 14.9. The zero-order valence-corrected chi connectivity index (χ0v) is 12.6. The van der Waals surface area contributed by atoms with Gasteiger partial charge in [-0.3, -0.25) is 4.79 Å². The average molecular weight is 327 g/mol. The Balaban J connectivity index is 1.87. The van der Waals surface area contributed by atoms with Gasteiger partial charge in [0.15, 0.2) is 11.5 Å². The van der Waals surface area contributed by atoms with E-state index in [1.54, 1.807) is 36.4 Å². The van der Waals surface area contributed by atoms with E-state index < -0.39 is 5.91 Å². The van der Waals surface area contributed by atoms with Crippen LogP contribution in [0.1, 0.15) is 5.56 Å². The highest BCUT2D eigenvalue weighted by atomic mass is 35.5. The Bertz CT molecular complexity index is 826. The van der Waals surface area contributed by atoms with Gasteiger partial charge in [0.1, 0.15) is 11.6 Å². The Morgan fingerprint density at radius 3 is 2.61 bits per heavy atom. The Morgan fingerprint density at radius 1 is 1.22 bits per heavy atom. The number of anilines is 1. The second kappa shape index (κ2) is 6.42. The average Bonchev–Trinajstić information content (AvgIpc) is 3.00. The monoisotopic (exact) mass is 326 g/mol. The Kier molecular flexibility index (Phi) is 4.18. The first-order valence-corrected chi connectivity index (χ1v) is 7.12. The van der Waals surface area contributed by atoms with Crippen molar-refractivity contribution in [1.29, 1.82) is 5.26 Å². The summed E-state index contributed by atoms with van der Waals surface area (Å²) in [5, 5.41) is 12.3. The molecule has 23 heavy (non-hydrogen) atoms. The molecule has 0 radical (unpaired) electrons. The molecule has 0 saturated heterocycles. The highest BCUT2D eigenvalue weighted by molar-refractivity contribution is 6.32. The normalized spacial score (nSPS) is 12.6. The topological polar surface area (TPSA) is 71.3 Å². The summed E-state index contributed by atoms with van der Waals surface area (Å²) in [5.74, 6) is 0.563. The van der Waals surface area contributed by atoms with Gasteiger partial charge in [-0.05, 0) is 29.8 Å². The van der Waals surface area contributed by atoms with Crippen LogP contribution < -0.4 is 14.8 Å². The number of halogens is 1. The van der Waals surface area contributed by atoms with E-state index >= 15 is 0 Å². The number of para-hydroxylation sites is 1. The van der Waals surface area contributed by atoms with E-state index in [-0.39, 0.29) is 12.4 Å². The maximum absolute atomic E-state index is 12.2. The molecule has 0 atom stereocenters. The van der Waals surface area contributed by atoms with E-state index in [1.807, 2.05) is 12.1 Å². The van der Waals surface area contributed by atoms with Crippen molar-refractivity contribution in [1.82, 2.24) is 0 Å². The summed E-state index contributed by atoms with van der Waals surface area (Å²) in [5.41, 5.74) is 1.06. The Morgan fingerprint density at radius 2 is 1.91 bits per heavy atom. The molecule has 0 aromatic heterocycles. The second-order valence-corrected chi connectivity index (χ2v) is 5.12. The molecule has 2 aromatic rings. The van der Waals surface area contributed by atoms with Crippen LogP contribution in [0, 0.1) is 11.3 Å². The second-order valence-electron chi connectivity index (χ2n) is 4.72. The van der Waals surface area contributed by atoms with Gasteiger partial charge in [-0.1, -0.05) is 29.8 Å². The molecule has 1 amide bonds. The minimum atomic E-state index is -0.507. The maximum Gasteiger partial charge on any atom is 0.266 e. The highest BCUT2D eigenvalue weighted by Gasteiger charge is 2.17. The van der Waals surface area contributed by atoms with E-state index in [0.29, 0.717) is 27.8 Å². The van der Waals surface area contributed by atoms with Gasteiger partial charge >= 0.3 is 0 Å². The first-order chi connectivity index (χ1) is 11.2. The number of carbonyl (C=O) groups is 1. The van der Waals surface area contributed by atoms with Crippen molar-refractivity contribution < 1.29 is 14.3 Å². The third-order valence-corrected chi connectivity index (χ3v) is 3.52. The molecule has 5 nitrogen and oxygen atoms in total. The number of ether oxygens (including phenoxy) is 2. The molecule has 0 bridgehead atoms. The molecule has 1 heterocycles. The first-order valence-electron chi connectivity index (χ1n) is 6.75. The molecule has 0 saturated carbocycles. The lowest BCUT2D eigenvalue weighted by Crippen LogP contribution is -2.13. The van der Waals surface area contributed by atoms with Crippen LogP contribution in [0.2, 0.25) is 5.02 Å². The van der Waals surface area contributed by atoms with Gasteiger partial charge in [0.25, 0.3) is 5.91 Å². The summed E-state index contributed by atoms with van der Waals surface area (Å²) < 4.78 is 10.5. The fraction of sp³-hybridized carbons (Fsp3) is 0.0588. The van der Waals surface area contributed by atoms with Crippen molar-refractivity contribution in [3.63, 3.8) is 0 Å². The number of nitrogens with zero attached hydrogens (tertiary/aromatic N) is 1. The zero-order valence-electron chi connectivity index (χ0n) is 11.9. The summed E-state index contributed by atoms with van der Waals surface area (Å²) in [4.78, 5) is 12.2. The maximum atomic E-state index is 12.2. The Hall–Kier alpha value is -2.97. The fourth-order valence-electron chi connectivity index (χ4n) is 2.07. The SMILES string of the molecule is N#C/C(=C\c1cc2c(cc1Cl)OCO2)C(=O)Nc1ccccc1. The molecular formula is C17H11ClN2O3. The van der Waals surface area contributed by atoms with Crippen LogP contribution in [0.3, 0.4) is 0 Å². The van der Waals surface area contributed by atoms with Crippen LogP contribution in [0.5, 0.6) is 11.5 Å². The number of amides is 1. The smallest absolute Gasteiger partial charge is 0.266 e. The minimum absolute atomic E-state index is 0.0605. The number of nitrogens with one attached hydrogen (secondary N) is 1. The third kappa shape index (κ3) is 3.28. The highest BCUT2D eigenvalue weighted by Crippen LogP contribution is 2.37. The van der Waals surface area contributed by atoms with Gasteiger partial charge in [-0.25, -0.2) is 0 Å². The molecule has 1 aliphatic rings. The van der Waals surface area contributed by atoms with Crippen molar-refractivity contribution in [2.45, 2.75) is 0 Å². The van der Waals surface area contributed by atoms with Gasteiger partial charge in [0.2, 0.25) is 6.79 Å².